The fourth-order valence-corrected chi connectivity index (χ4v) is 4.73. The molecule has 2 aromatic rings. The molecule has 3 nitrogen and oxygen atoms in total. The van der Waals surface area contributed by atoms with Crippen molar-refractivity contribution in [2.75, 3.05) is 11.4 Å². The van der Waals surface area contributed by atoms with Crippen molar-refractivity contribution in [3.05, 3.63) is 63.1 Å². The minimum absolute atomic E-state index is 0.0291. The molecule has 28 heavy (non-hydrogen) atoms. The van der Waals surface area contributed by atoms with Crippen LogP contribution in [0, 0.1) is 5.92 Å². The summed E-state index contributed by atoms with van der Waals surface area (Å²) in [7, 11) is 0. The molecule has 2 fully saturated rings. The molecule has 1 amide bonds. The van der Waals surface area contributed by atoms with Gasteiger partial charge in [0.1, 0.15) is 0 Å². The highest BCUT2D eigenvalue weighted by atomic mass is 35.5. The number of nitrogens with zero attached hydrogens (tertiary/aromatic N) is 1. The number of halogens is 3. The largest absolute Gasteiger partial charge is 0.364 e. The lowest BCUT2D eigenvalue weighted by atomic mass is 9.86. The Hall–Kier alpha value is -1.42. The van der Waals surface area contributed by atoms with E-state index in [0.717, 1.165) is 36.9 Å². The molecule has 148 valence electrons. The zero-order chi connectivity index (χ0) is 19.7. The van der Waals surface area contributed by atoms with Gasteiger partial charge in [-0.05, 0) is 74.1 Å². The van der Waals surface area contributed by atoms with Crippen molar-refractivity contribution in [3.8, 4) is 0 Å². The molecule has 1 saturated carbocycles. The molecule has 1 saturated heterocycles. The summed E-state index contributed by atoms with van der Waals surface area (Å²) in [5, 5.41) is 5.19. The summed E-state index contributed by atoms with van der Waals surface area (Å²) in [6, 6.07) is 13.9. The zero-order valence-electron chi connectivity index (χ0n) is 15.5. The number of hydrogen-bond donors (Lipinski definition) is 1. The third-order valence-electron chi connectivity index (χ3n) is 5.88. The van der Waals surface area contributed by atoms with E-state index in [-0.39, 0.29) is 17.9 Å². The zero-order valence-corrected chi connectivity index (χ0v) is 17.8. The molecular weight excluding hydrogens is 415 g/mol. The number of rotatable bonds is 4. The highest BCUT2D eigenvalue weighted by Gasteiger charge is 2.35. The van der Waals surface area contributed by atoms with Gasteiger partial charge < -0.3 is 10.2 Å². The van der Waals surface area contributed by atoms with E-state index >= 15 is 0 Å². The SMILES string of the molecule is O=C(NC1CCC1)[C@@H]1CC[C@@H](c2ccc(Cl)cc2Cl)N(c2ccc(Cl)cc2)C1. The van der Waals surface area contributed by atoms with E-state index in [1.54, 1.807) is 6.07 Å². The number of carbonyl (C=O) groups is 1. The number of carbonyl (C=O) groups excluding carboxylic acids is 1. The standard InChI is InChI=1S/C22H23Cl3N2O/c23-15-5-8-18(9-6-15)27-13-14(22(28)26-17-2-1-3-17)4-11-21(27)19-10-7-16(24)12-20(19)25/h5-10,12,14,17,21H,1-4,11,13H2,(H,26,28)/t14-,21+/m1/s1. The van der Waals surface area contributed by atoms with Crippen LogP contribution in [0.2, 0.25) is 15.1 Å². The number of benzene rings is 2. The molecule has 1 N–H and O–H groups in total. The molecule has 0 spiro atoms. The second kappa shape index (κ2) is 8.52. The van der Waals surface area contributed by atoms with Gasteiger partial charge in [0.25, 0.3) is 0 Å². The van der Waals surface area contributed by atoms with Crippen molar-refractivity contribution in [1.82, 2.24) is 5.32 Å². The topological polar surface area (TPSA) is 32.3 Å². The van der Waals surface area contributed by atoms with Gasteiger partial charge in [-0.2, -0.15) is 0 Å². The number of piperidine rings is 1. The first-order valence-electron chi connectivity index (χ1n) is 9.79. The van der Waals surface area contributed by atoms with Crippen LogP contribution in [0.5, 0.6) is 0 Å². The normalized spacial score (nSPS) is 22.6. The van der Waals surface area contributed by atoms with Crippen molar-refractivity contribution >= 4 is 46.4 Å². The van der Waals surface area contributed by atoms with Crippen LogP contribution in [0.1, 0.15) is 43.7 Å². The molecule has 1 aliphatic carbocycles. The summed E-state index contributed by atoms with van der Waals surface area (Å²) in [6.45, 7) is 0.657. The quantitative estimate of drug-likeness (QED) is 0.611. The third kappa shape index (κ3) is 4.27. The molecule has 4 rings (SSSR count). The molecule has 2 aromatic carbocycles. The predicted octanol–water partition coefficient (Wildman–Crippen LogP) is 6.27. The average molecular weight is 438 g/mol. The van der Waals surface area contributed by atoms with E-state index in [4.69, 9.17) is 34.8 Å². The van der Waals surface area contributed by atoms with Gasteiger partial charge in [-0.25, -0.2) is 0 Å². The van der Waals surface area contributed by atoms with Crippen LogP contribution >= 0.6 is 34.8 Å². The number of anilines is 1. The van der Waals surface area contributed by atoms with Gasteiger partial charge in [0.15, 0.2) is 0 Å². The summed E-state index contributed by atoms with van der Waals surface area (Å²) in [5.41, 5.74) is 2.08. The van der Waals surface area contributed by atoms with E-state index in [9.17, 15) is 4.79 Å². The Morgan fingerprint density at radius 2 is 1.64 bits per heavy atom. The van der Waals surface area contributed by atoms with E-state index in [1.807, 2.05) is 36.4 Å². The van der Waals surface area contributed by atoms with Gasteiger partial charge >= 0.3 is 0 Å². The van der Waals surface area contributed by atoms with E-state index in [0.29, 0.717) is 27.7 Å². The molecule has 0 radical (unpaired) electrons. The molecule has 1 aliphatic heterocycles. The number of hydrogen-bond acceptors (Lipinski definition) is 2. The first kappa shape index (κ1) is 19.9. The fourth-order valence-electron chi connectivity index (χ4n) is 4.07. The molecule has 0 bridgehead atoms. The Labute approximate surface area is 181 Å². The molecule has 1 heterocycles. The van der Waals surface area contributed by atoms with E-state index in [1.165, 1.54) is 6.42 Å². The Morgan fingerprint density at radius 1 is 0.929 bits per heavy atom. The van der Waals surface area contributed by atoms with Gasteiger partial charge in [-0.15, -0.1) is 0 Å². The van der Waals surface area contributed by atoms with Crippen LogP contribution < -0.4 is 10.2 Å². The summed E-state index contributed by atoms with van der Waals surface area (Å²) < 4.78 is 0. The lowest BCUT2D eigenvalue weighted by Crippen LogP contribution is -2.48. The van der Waals surface area contributed by atoms with Gasteiger partial charge in [0.05, 0.1) is 12.0 Å². The Kier molecular flexibility index (Phi) is 6.05. The Balaban J connectivity index is 1.60. The average Bonchev–Trinajstić information content (AvgIpc) is 2.65. The molecule has 2 aliphatic rings. The number of amides is 1. The maximum atomic E-state index is 12.8. The van der Waals surface area contributed by atoms with Crippen molar-refractivity contribution in [2.45, 2.75) is 44.2 Å². The van der Waals surface area contributed by atoms with Gasteiger partial charge in [-0.3, -0.25) is 4.79 Å². The monoisotopic (exact) mass is 436 g/mol. The highest BCUT2D eigenvalue weighted by molar-refractivity contribution is 6.35. The first-order valence-corrected chi connectivity index (χ1v) is 10.9. The van der Waals surface area contributed by atoms with Crippen molar-refractivity contribution in [2.24, 2.45) is 5.92 Å². The molecule has 6 heteroatoms. The summed E-state index contributed by atoms with van der Waals surface area (Å²) in [4.78, 5) is 15.1. The van der Waals surface area contributed by atoms with E-state index < -0.39 is 0 Å². The minimum Gasteiger partial charge on any atom is -0.364 e. The summed E-state index contributed by atoms with van der Waals surface area (Å²) >= 11 is 18.7. The first-order chi connectivity index (χ1) is 13.5. The van der Waals surface area contributed by atoms with Gasteiger partial charge in [-0.1, -0.05) is 40.9 Å². The van der Waals surface area contributed by atoms with Crippen molar-refractivity contribution < 1.29 is 4.79 Å². The van der Waals surface area contributed by atoms with Crippen LogP contribution in [0.3, 0.4) is 0 Å². The van der Waals surface area contributed by atoms with Crippen LogP contribution in [0.25, 0.3) is 0 Å². The van der Waals surface area contributed by atoms with Crippen LogP contribution in [-0.2, 0) is 4.79 Å². The Morgan fingerprint density at radius 3 is 2.29 bits per heavy atom. The Bertz CT molecular complexity index is 851. The molecule has 0 unspecified atom stereocenters. The van der Waals surface area contributed by atoms with E-state index in [2.05, 4.69) is 10.2 Å². The second-order valence-corrected chi connectivity index (χ2v) is 9.00. The molecule has 0 aromatic heterocycles. The molecular formula is C22H23Cl3N2O. The summed E-state index contributed by atoms with van der Waals surface area (Å²) in [6.07, 6.45) is 5.10. The smallest absolute Gasteiger partial charge is 0.225 e. The maximum absolute atomic E-state index is 12.8. The van der Waals surface area contributed by atoms with Crippen molar-refractivity contribution in [1.29, 1.82) is 0 Å². The highest BCUT2D eigenvalue weighted by Crippen LogP contribution is 2.40. The van der Waals surface area contributed by atoms with Gasteiger partial charge in [0, 0.05) is 33.3 Å². The molecule has 2 atom stereocenters. The maximum Gasteiger partial charge on any atom is 0.225 e. The minimum atomic E-state index is -0.0291. The second-order valence-electron chi connectivity index (χ2n) is 7.72. The predicted molar refractivity (Wildman–Crippen MR) is 117 cm³/mol. The van der Waals surface area contributed by atoms with Crippen LogP contribution in [0.4, 0.5) is 5.69 Å². The lowest BCUT2D eigenvalue weighted by Gasteiger charge is -2.42. The van der Waals surface area contributed by atoms with Gasteiger partial charge in [0.2, 0.25) is 5.91 Å². The van der Waals surface area contributed by atoms with Crippen molar-refractivity contribution in [3.63, 3.8) is 0 Å². The lowest BCUT2D eigenvalue weighted by molar-refractivity contribution is -0.126. The number of nitrogens with one attached hydrogen (secondary N) is 1. The van der Waals surface area contributed by atoms with Crippen LogP contribution in [0.15, 0.2) is 42.5 Å². The third-order valence-corrected chi connectivity index (χ3v) is 6.70. The summed E-state index contributed by atoms with van der Waals surface area (Å²) in [5.74, 6) is 0.142. The fraction of sp³-hybridized carbons (Fsp3) is 0.409. The van der Waals surface area contributed by atoms with Crippen LogP contribution in [-0.4, -0.2) is 18.5 Å².